The Balaban J connectivity index is 1.69. The molecular weight excluding hydrogens is 546 g/mol. The van der Waals surface area contributed by atoms with Gasteiger partial charge in [0.05, 0.1) is 31.9 Å². The van der Waals surface area contributed by atoms with Crippen LogP contribution in [-0.2, 0) is 16.0 Å². The van der Waals surface area contributed by atoms with Crippen LogP contribution in [0.25, 0.3) is 11.1 Å². The standard InChI is InChI=1S/C27H30BrNO6S/c1-5-17-9-11-21(20(28)14-17)35-13-7-8-24(30)29-26-25(27(31)34-6-2)19(16-36-26)18-10-12-22(32-3)23(15-18)33-4/h9-12,14-16H,5-8,13H2,1-4H3,(H,29,30). The fourth-order valence-electron chi connectivity index (χ4n) is 3.56. The summed E-state index contributed by atoms with van der Waals surface area (Å²) in [6.45, 7) is 4.45. The molecule has 0 aliphatic carbocycles. The summed E-state index contributed by atoms with van der Waals surface area (Å²) >= 11 is 4.80. The van der Waals surface area contributed by atoms with Crippen LogP contribution in [-0.4, -0.2) is 39.3 Å². The van der Waals surface area contributed by atoms with Gasteiger partial charge in [0, 0.05) is 17.4 Å². The molecule has 0 spiro atoms. The summed E-state index contributed by atoms with van der Waals surface area (Å²) in [6.07, 6.45) is 1.72. The van der Waals surface area contributed by atoms with Crippen LogP contribution >= 0.6 is 27.3 Å². The summed E-state index contributed by atoms with van der Waals surface area (Å²) in [5.41, 5.74) is 2.94. The number of carbonyl (C=O) groups is 2. The maximum atomic E-state index is 12.8. The fraction of sp³-hybridized carbons (Fsp3) is 0.333. The Bertz CT molecular complexity index is 1210. The summed E-state index contributed by atoms with van der Waals surface area (Å²) in [7, 11) is 3.11. The molecule has 2 aromatic carbocycles. The molecule has 0 bridgehead atoms. The van der Waals surface area contributed by atoms with Gasteiger partial charge in [-0.1, -0.05) is 19.1 Å². The van der Waals surface area contributed by atoms with E-state index in [1.165, 1.54) is 16.9 Å². The number of rotatable bonds is 12. The van der Waals surface area contributed by atoms with Crippen molar-refractivity contribution in [3.8, 4) is 28.4 Å². The van der Waals surface area contributed by atoms with Crippen molar-refractivity contribution in [3.63, 3.8) is 0 Å². The molecule has 1 N–H and O–H groups in total. The number of halogens is 1. The van der Waals surface area contributed by atoms with Crippen molar-refractivity contribution in [2.75, 3.05) is 32.8 Å². The van der Waals surface area contributed by atoms with Gasteiger partial charge >= 0.3 is 5.97 Å². The molecule has 1 amide bonds. The van der Waals surface area contributed by atoms with Crippen molar-refractivity contribution >= 4 is 44.1 Å². The van der Waals surface area contributed by atoms with E-state index < -0.39 is 5.97 Å². The van der Waals surface area contributed by atoms with E-state index in [-0.39, 0.29) is 18.9 Å². The minimum atomic E-state index is -0.498. The van der Waals surface area contributed by atoms with Crippen molar-refractivity contribution in [3.05, 3.63) is 57.4 Å². The highest BCUT2D eigenvalue weighted by molar-refractivity contribution is 9.10. The zero-order chi connectivity index (χ0) is 26.1. The van der Waals surface area contributed by atoms with Crippen molar-refractivity contribution < 1.29 is 28.5 Å². The highest BCUT2D eigenvalue weighted by Gasteiger charge is 2.23. The van der Waals surface area contributed by atoms with Crippen LogP contribution < -0.4 is 19.5 Å². The molecule has 7 nitrogen and oxygen atoms in total. The van der Waals surface area contributed by atoms with Crippen molar-refractivity contribution in [2.45, 2.75) is 33.1 Å². The van der Waals surface area contributed by atoms with Crippen LogP contribution in [0.5, 0.6) is 17.2 Å². The van der Waals surface area contributed by atoms with E-state index in [1.54, 1.807) is 33.3 Å². The van der Waals surface area contributed by atoms with E-state index >= 15 is 0 Å². The largest absolute Gasteiger partial charge is 0.493 e. The summed E-state index contributed by atoms with van der Waals surface area (Å²) in [5.74, 6) is 1.17. The molecule has 0 radical (unpaired) electrons. The van der Waals surface area contributed by atoms with Gasteiger partial charge in [-0.25, -0.2) is 4.79 Å². The Labute approximate surface area is 223 Å². The number of anilines is 1. The summed E-state index contributed by atoms with van der Waals surface area (Å²) in [6, 6.07) is 11.4. The van der Waals surface area contributed by atoms with Crippen molar-refractivity contribution in [2.24, 2.45) is 0 Å². The summed E-state index contributed by atoms with van der Waals surface area (Å²) < 4.78 is 22.7. The van der Waals surface area contributed by atoms with E-state index in [2.05, 4.69) is 28.2 Å². The van der Waals surface area contributed by atoms with Gasteiger partial charge in [-0.05, 0) is 71.1 Å². The van der Waals surface area contributed by atoms with Gasteiger partial charge < -0.3 is 24.3 Å². The van der Waals surface area contributed by atoms with Gasteiger partial charge in [0.15, 0.2) is 11.5 Å². The molecule has 0 saturated carbocycles. The topological polar surface area (TPSA) is 83.1 Å². The first kappa shape index (κ1) is 27.5. The molecule has 0 aliphatic rings. The van der Waals surface area contributed by atoms with E-state index in [9.17, 15) is 9.59 Å². The lowest BCUT2D eigenvalue weighted by molar-refractivity contribution is -0.116. The van der Waals surface area contributed by atoms with E-state index in [4.69, 9.17) is 18.9 Å². The number of esters is 1. The van der Waals surface area contributed by atoms with Gasteiger partial charge in [-0.15, -0.1) is 11.3 Å². The van der Waals surface area contributed by atoms with Crippen LogP contribution in [0.3, 0.4) is 0 Å². The average Bonchev–Trinajstić information content (AvgIpc) is 3.30. The lowest BCUT2D eigenvalue weighted by Crippen LogP contribution is -2.15. The monoisotopic (exact) mass is 575 g/mol. The second kappa shape index (κ2) is 13.3. The number of aryl methyl sites for hydroxylation is 1. The number of benzene rings is 2. The molecule has 36 heavy (non-hydrogen) atoms. The smallest absolute Gasteiger partial charge is 0.341 e. The highest BCUT2D eigenvalue weighted by Crippen LogP contribution is 2.39. The van der Waals surface area contributed by atoms with Crippen molar-refractivity contribution in [1.82, 2.24) is 0 Å². The molecule has 0 saturated heterocycles. The average molecular weight is 577 g/mol. The Kier molecular flexibility index (Phi) is 10.2. The van der Waals surface area contributed by atoms with Crippen molar-refractivity contribution in [1.29, 1.82) is 0 Å². The Morgan fingerprint density at radius 3 is 2.42 bits per heavy atom. The molecule has 1 heterocycles. The molecule has 3 aromatic rings. The third kappa shape index (κ3) is 6.79. The second-order valence-electron chi connectivity index (χ2n) is 7.76. The first-order chi connectivity index (χ1) is 17.4. The predicted octanol–water partition coefficient (Wildman–Crippen LogP) is 6.73. The van der Waals surface area contributed by atoms with E-state index in [1.807, 2.05) is 29.6 Å². The first-order valence-electron chi connectivity index (χ1n) is 11.6. The number of ether oxygens (including phenoxy) is 4. The minimum Gasteiger partial charge on any atom is -0.493 e. The zero-order valence-corrected chi connectivity index (χ0v) is 23.2. The molecule has 0 unspecified atom stereocenters. The minimum absolute atomic E-state index is 0.203. The molecule has 9 heteroatoms. The van der Waals surface area contributed by atoms with Gasteiger partial charge in [-0.3, -0.25) is 4.79 Å². The maximum Gasteiger partial charge on any atom is 0.341 e. The van der Waals surface area contributed by atoms with Gasteiger partial charge in [0.1, 0.15) is 16.3 Å². The normalized spacial score (nSPS) is 10.6. The molecule has 0 atom stereocenters. The van der Waals surface area contributed by atoms with Crippen LogP contribution in [0.4, 0.5) is 5.00 Å². The Hall–Kier alpha value is -3.04. The van der Waals surface area contributed by atoms with E-state index in [0.29, 0.717) is 40.7 Å². The van der Waals surface area contributed by atoms with Gasteiger partial charge in [0.2, 0.25) is 5.91 Å². The maximum absolute atomic E-state index is 12.8. The fourth-order valence-corrected chi connectivity index (χ4v) is 5.07. The van der Waals surface area contributed by atoms with Gasteiger partial charge in [-0.2, -0.15) is 0 Å². The molecular formula is C27H30BrNO6S. The zero-order valence-electron chi connectivity index (χ0n) is 20.8. The molecule has 192 valence electrons. The third-order valence-corrected chi connectivity index (χ3v) is 6.94. The molecule has 0 aliphatic heterocycles. The lowest BCUT2D eigenvalue weighted by Gasteiger charge is -2.12. The SMILES string of the molecule is CCOC(=O)c1c(-c2ccc(OC)c(OC)c2)csc1NC(=O)CCCOc1ccc(CC)cc1Br. The number of amides is 1. The number of nitrogens with one attached hydrogen (secondary N) is 1. The molecule has 3 rings (SSSR count). The van der Waals surface area contributed by atoms with E-state index in [0.717, 1.165) is 22.2 Å². The number of thiophene rings is 1. The Morgan fingerprint density at radius 2 is 1.75 bits per heavy atom. The number of methoxy groups -OCH3 is 2. The van der Waals surface area contributed by atoms with Gasteiger partial charge in [0.25, 0.3) is 0 Å². The second-order valence-corrected chi connectivity index (χ2v) is 9.50. The summed E-state index contributed by atoms with van der Waals surface area (Å²) in [5, 5.41) is 5.14. The number of hydrogen-bond acceptors (Lipinski definition) is 7. The Morgan fingerprint density at radius 1 is 1.00 bits per heavy atom. The van der Waals surface area contributed by atoms with Crippen LogP contribution in [0.2, 0.25) is 0 Å². The number of carbonyl (C=O) groups excluding carboxylic acids is 2. The predicted molar refractivity (Wildman–Crippen MR) is 146 cm³/mol. The highest BCUT2D eigenvalue weighted by atomic mass is 79.9. The summed E-state index contributed by atoms with van der Waals surface area (Å²) in [4.78, 5) is 25.5. The lowest BCUT2D eigenvalue weighted by atomic mass is 10.0. The molecule has 0 fully saturated rings. The van der Waals surface area contributed by atoms with Crippen LogP contribution in [0.15, 0.2) is 46.3 Å². The molecule has 1 aromatic heterocycles. The van der Waals surface area contributed by atoms with Crippen LogP contribution in [0, 0.1) is 0 Å². The number of hydrogen-bond donors (Lipinski definition) is 1. The quantitative estimate of drug-likeness (QED) is 0.190. The van der Waals surface area contributed by atoms with Crippen LogP contribution in [0.1, 0.15) is 42.6 Å². The first-order valence-corrected chi connectivity index (χ1v) is 13.3. The third-order valence-electron chi connectivity index (χ3n) is 5.43.